The van der Waals surface area contributed by atoms with E-state index in [1.54, 1.807) is 53.2 Å². The van der Waals surface area contributed by atoms with Crippen LogP contribution in [0, 0.1) is 0 Å². The third kappa shape index (κ3) is 16.3. The lowest BCUT2D eigenvalue weighted by atomic mass is 9.78. The van der Waals surface area contributed by atoms with Crippen LogP contribution in [0.15, 0.2) is 222 Å². The number of nitrogen functional groups attached to an aromatic ring is 3. The fourth-order valence-electron chi connectivity index (χ4n) is 10.1. The van der Waals surface area contributed by atoms with Gasteiger partial charge in [-0.1, -0.05) is 131 Å². The summed E-state index contributed by atoms with van der Waals surface area (Å²) in [4.78, 5) is 30.3. The van der Waals surface area contributed by atoms with Gasteiger partial charge in [-0.05, 0) is 122 Å². The predicted molar refractivity (Wildman–Crippen MR) is 391 cm³/mol. The van der Waals surface area contributed by atoms with Crippen LogP contribution in [0.3, 0.4) is 0 Å². The molecule has 1 aliphatic heterocycles. The highest BCUT2D eigenvalue weighted by Crippen LogP contribution is 2.38. The molecule has 7 aromatic carbocycles. The molecule has 0 saturated carbocycles. The number of methoxy groups -OCH3 is 4. The molecule has 0 unspecified atom stereocenters. The summed E-state index contributed by atoms with van der Waals surface area (Å²) in [5, 5.41) is 27.9. The molecular formula is C73H65BBr2N16O6. The molecule has 0 spiro atoms. The molecule has 0 aliphatic carbocycles. The second-order valence-corrected chi connectivity index (χ2v) is 24.5. The van der Waals surface area contributed by atoms with Gasteiger partial charge in [0.15, 0.2) is 4.60 Å². The second kappa shape index (κ2) is 30.7. The molecule has 8 heterocycles. The highest BCUT2D eigenvalue weighted by molar-refractivity contribution is 9.10. The number of nitrogens with zero attached hydrogens (tertiary/aromatic N) is 13. The molecule has 7 aromatic heterocycles. The molecule has 0 atom stereocenters. The van der Waals surface area contributed by atoms with Crippen LogP contribution in [-0.4, -0.2) is 112 Å². The number of pyridine rings is 4. The number of rotatable bonds is 10. The van der Waals surface area contributed by atoms with Gasteiger partial charge < -0.3 is 45.5 Å². The lowest BCUT2D eigenvalue weighted by Gasteiger charge is -2.32. The normalized spacial score (nSPS) is 12.6. The van der Waals surface area contributed by atoms with Crippen LogP contribution in [0.2, 0.25) is 0 Å². The summed E-state index contributed by atoms with van der Waals surface area (Å²) >= 11 is 6.69. The summed E-state index contributed by atoms with van der Waals surface area (Å²) in [5.41, 5.74) is 29.0. The summed E-state index contributed by atoms with van der Waals surface area (Å²) in [5.74, 6) is 3.40. The summed E-state index contributed by atoms with van der Waals surface area (Å²) in [7, 11) is 6.16. The lowest BCUT2D eigenvalue weighted by molar-refractivity contribution is 0.00578. The van der Waals surface area contributed by atoms with E-state index < -0.39 is 0 Å². The minimum atomic E-state index is -0.356. The van der Waals surface area contributed by atoms with E-state index in [0.717, 1.165) is 92.9 Å². The molecular weight excluding hydrogens is 1370 g/mol. The molecule has 0 bridgehead atoms. The van der Waals surface area contributed by atoms with Crippen molar-refractivity contribution in [1.82, 2.24) is 65.5 Å². The third-order valence-corrected chi connectivity index (χ3v) is 16.9. The highest BCUT2D eigenvalue weighted by Gasteiger charge is 2.51. The van der Waals surface area contributed by atoms with E-state index in [2.05, 4.69) is 125 Å². The number of hydrogen-bond donors (Lipinski definition) is 3. The topological polar surface area (TPSA) is 301 Å². The number of nitrogens with two attached hydrogens (primary N) is 3. The Hall–Kier alpha value is -11.2. The van der Waals surface area contributed by atoms with Gasteiger partial charge in [-0.2, -0.15) is 0 Å². The van der Waals surface area contributed by atoms with E-state index in [4.69, 9.17) is 45.5 Å². The van der Waals surface area contributed by atoms with E-state index >= 15 is 0 Å². The fraction of sp³-hybridized carbons (Fsp3) is 0.137. The van der Waals surface area contributed by atoms with Gasteiger partial charge in [-0.3, -0.25) is 19.9 Å². The second-order valence-electron chi connectivity index (χ2n) is 22.8. The zero-order valence-corrected chi connectivity index (χ0v) is 57.7. The number of anilines is 3. The van der Waals surface area contributed by atoms with Crippen molar-refractivity contribution in [2.24, 2.45) is 0 Å². The quantitative estimate of drug-likeness (QED) is 0.107. The van der Waals surface area contributed by atoms with Gasteiger partial charge in [0, 0.05) is 53.8 Å². The Labute approximate surface area is 581 Å². The van der Waals surface area contributed by atoms with E-state index in [1.807, 2.05) is 188 Å². The Morgan fingerprint density at radius 3 is 1.08 bits per heavy atom. The van der Waals surface area contributed by atoms with Gasteiger partial charge in [0.05, 0.1) is 86.5 Å². The van der Waals surface area contributed by atoms with E-state index in [1.165, 1.54) is 0 Å². The molecule has 1 fully saturated rings. The summed E-state index contributed by atoms with van der Waals surface area (Å²) < 4.78 is 34.6. The van der Waals surface area contributed by atoms with Gasteiger partial charge >= 0.3 is 7.12 Å². The van der Waals surface area contributed by atoms with Gasteiger partial charge in [-0.15, -0.1) is 30.6 Å². The van der Waals surface area contributed by atoms with Crippen LogP contribution in [0.1, 0.15) is 27.7 Å². The standard InChI is InChI=1S/2C19H15N5O.C16H20BNO3.C10H8BrNO.C9H7BrN4/c2*1-25-15-10-14-9-13(7-8-16(14)21-11-15)18-17(22-19(20)24-23-18)12-5-3-2-4-6-12;1-15(2)16(3,4)21-17(20-15)12-6-7-14-11(8-12)9-13(19-5)10-18-14;1-13-9-5-7-4-8(11)2-3-10(7)12-6-9;10-8-7(12-9(11)14-13-8)6-4-2-1-3-5-6/h2*2-11H,1H3,(H2,20,22,24);6-10H,1-5H3;2-6H,1H3;1-5H,(H2,11,12,14). The molecule has 0 radical (unpaired) electrons. The van der Waals surface area contributed by atoms with Crippen molar-refractivity contribution in [3.05, 3.63) is 222 Å². The molecule has 15 rings (SSSR count). The van der Waals surface area contributed by atoms with Crippen LogP contribution in [-0.2, 0) is 9.31 Å². The third-order valence-electron chi connectivity index (χ3n) is 15.8. The number of hydrogen-bond acceptors (Lipinski definition) is 22. The maximum atomic E-state index is 6.08. The molecule has 14 aromatic rings. The smallest absolute Gasteiger partial charge is 0.494 e. The number of halogens is 2. The Balaban J connectivity index is 0.000000127. The van der Waals surface area contributed by atoms with Crippen LogP contribution in [0.5, 0.6) is 23.0 Å². The highest BCUT2D eigenvalue weighted by atomic mass is 79.9. The SMILES string of the molecule is COc1cnc2ccc(-c3nnc(N)nc3-c3ccccc3)cc2c1.COc1cnc2ccc(-c3nnc(N)nc3-c3ccccc3)cc2c1.COc1cnc2ccc(B3OC(C)(C)C(C)(C)O3)cc2c1.COc1cnc2ccc(Br)cc2c1.Nc1nnc(Br)c(-c2ccccc2)n1. The van der Waals surface area contributed by atoms with Gasteiger partial charge in [0.2, 0.25) is 17.8 Å². The first-order valence-corrected chi connectivity index (χ1v) is 32.1. The van der Waals surface area contributed by atoms with Crippen molar-refractivity contribution in [3.63, 3.8) is 0 Å². The molecule has 0 amide bonds. The molecule has 22 nitrogen and oxygen atoms in total. The number of aromatic nitrogens is 13. The average Bonchev–Trinajstić information content (AvgIpc) is 1.73. The Kier molecular flexibility index (Phi) is 21.3. The summed E-state index contributed by atoms with van der Waals surface area (Å²) in [6, 6.07) is 60.9. The monoisotopic (exact) mass is 1430 g/mol. The Bertz CT molecular complexity index is 4930. The zero-order chi connectivity index (χ0) is 68.9. The maximum absolute atomic E-state index is 6.08. The maximum Gasteiger partial charge on any atom is 0.494 e. The predicted octanol–water partition coefficient (Wildman–Crippen LogP) is 14.1. The molecule has 1 saturated heterocycles. The first-order chi connectivity index (χ1) is 47.4. The Morgan fingerprint density at radius 1 is 0.347 bits per heavy atom. The Morgan fingerprint density at radius 2 is 0.684 bits per heavy atom. The summed E-state index contributed by atoms with van der Waals surface area (Å²) in [6.45, 7) is 8.22. The van der Waals surface area contributed by atoms with Crippen molar-refractivity contribution >= 4 is 106 Å². The van der Waals surface area contributed by atoms with E-state index in [-0.39, 0.29) is 36.2 Å². The van der Waals surface area contributed by atoms with Crippen LogP contribution < -0.4 is 41.6 Å². The number of fused-ring (bicyclic) bond motifs is 4. The first kappa shape index (κ1) is 68.2. The first-order valence-electron chi connectivity index (χ1n) is 30.5. The van der Waals surface area contributed by atoms with Crippen molar-refractivity contribution in [1.29, 1.82) is 0 Å². The van der Waals surface area contributed by atoms with Crippen molar-refractivity contribution in [2.75, 3.05) is 45.6 Å². The molecule has 25 heteroatoms. The molecule has 1 aliphatic rings. The number of ether oxygens (including phenoxy) is 4. The van der Waals surface area contributed by atoms with Crippen molar-refractivity contribution in [3.8, 4) is 79.3 Å². The van der Waals surface area contributed by atoms with Crippen LogP contribution >= 0.6 is 31.9 Å². The van der Waals surface area contributed by atoms with Crippen LogP contribution in [0.25, 0.3) is 99.9 Å². The number of benzene rings is 7. The van der Waals surface area contributed by atoms with Gasteiger partial charge in [0.25, 0.3) is 0 Å². The minimum absolute atomic E-state index is 0.145. The molecule has 98 heavy (non-hydrogen) atoms. The van der Waals surface area contributed by atoms with E-state index in [9.17, 15) is 0 Å². The fourth-order valence-corrected chi connectivity index (χ4v) is 10.8. The lowest BCUT2D eigenvalue weighted by Crippen LogP contribution is -2.41. The molecule has 6 N–H and O–H groups in total. The molecule has 490 valence electrons. The largest absolute Gasteiger partial charge is 0.495 e. The van der Waals surface area contributed by atoms with Gasteiger partial charge in [0.1, 0.15) is 51.5 Å². The van der Waals surface area contributed by atoms with Gasteiger partial charge in [-0.25, -0.2) is 15.0 Å². The average molecular weight is 1430 g/mol. The summed E-state index contributed by atoms with van der Waals surface area (Å²) in [6.07, 6.45) is 6.83. The van der Waals surface area contributed by atoms with Crippen molar-refractivity contribution in [2.45, 2.75) is 38.9 Å². The zero-order valence-electron chi connectivity index (χ0n) is 54.5. The van der Waals surface area contributed by atoms with E-state index in [0.29, 0.717) is 44.6 Å². The minimum Gasteiger partial charge on any atom is -0.495 e. The van der Waals surface area contributed by atoms with Crippen LogP contribution in [0.4, 0.5) is 17.8 Å². The van der Waals surface area contributed by atoms with Crippen molar-refractivity contribution < 1.29 is 28.3 Å².